The lowest BCUT2D eigenvalue weighted by atomic mass is 10.1. The molecule has 0 unspecified atom stereocenters. The van der Waals surface area contributed by atoms with Crippen LogP contribution in [0, 0.1) is 10.1 Å². The second-order valence-corrected chi connectivity index (χ2v) is 4.40. The SMILES string of the molecule is O=[N+]([O-])c1ccc(-c2ncc3c(n2)CCNC3)cc1. The average molecular weight is 256 g/mol. The summed E-state index contributed by atoms with van der Waals surface area (Å²) in [7, 11) is 0. The quantitative estimate of drug-likeness (QED) is 0.653. The Hall–Kier alpha value is -2.34. The van der Waals surface area contributed by atoms with Crippen LogP contribution in [0.4, 0.5) is 5.69 Å². The predicted molar refractivity (Wildman–Crippen MR) is 69.5 cm³/mol. The molecule has 1 aromatic carbocycles. The third-order valence-corrected chi connectivity index (χ3v) is 3.14. The molecule has 6 nitrogen and oxygen atoms in total. The second kappa shape index (κ2) is 4.74. The number of aromatic nitrogens is 2. The van der Waals surface area contributed by atoms with Crippen LogP contribution in [0.2, 0.25) is 0 Å². The van der Waals surface area contributed by atoms with E-state index >= 15 is 0 Å². The summed E-state index contributed by atoms with van der Waals surface area (Å²) < 4.78 is 0. The third-order valence-electron chi connectivity index (χ3n) is 3.14. The number of fused-ring (bicyclic) bond motifs is 1. The van der Waals surface area contributed by atoms with Crippen LogP contribution in [0.25, 0.3) is 11.4 Å². The van der Waals surface area contributed by atoms with Crippen molar-refractivity contribution in [2.45, 2.75) is 13.0 Å². The predicted octanol–water partition coefficient (Wildman–Crippen LogP) is 1.70. The van der Waals surface area contributed by atoms with E-state index in [1.54, 1.807) is 12.1 Å². The fourth-order valence-electron chi connectivity index (χ4n) is 2.11. The number of rotatable bonds is 2. The molecule has 0 aliphatic carbocycles. The van der Waals surface area contributed by atoms with Gasteiger partial charge >= 0.3 is 0 Å². The van der Waals surface area contributed by atoms with Gasteiger partial charge in [-0.1, -0.05) is 0 Å². The molecule has 0 fully saturated rings. The van der Waals surface area contributed by atoms with Gasteiger partial charge in [0.2, 0.25) is 0 Å². The van der Waals surface area contributed by atoms with Gasteiger partial charge in [-0.3, -0.25) is 10.1 Å². The van der Waals surface area contributed by atoms with E-state index in [9.17, 15) is 10.1 Å². The van der Waals surface area contributed by atoms with Crippen LogP contribution in [0.15, 0.2) is 30.5 Å². The van der Waals surface area contributed by atoms with E-state index in [-0.39, 0.29) is 5.69 Å². The Kier molecular flexibility index (Phi) is 2.92. The summed E-state index contributed by atoms with van der Waals surface area (Å²) >= 11 is 0. The van der Waals surface area contributed by atoms with Gasteiger partial charge in [0.15, 0.2) is 5.82 Å². The molecule has 96 valence electrons. The Labute approximate surface area is 109 Å². The zero-order valence-corrected chi connectivity index (χ0v) is 10.2. The fraction of sp³-hybridized carbons (Fsp3) is 0.231. The van der Waals surface area contributed by atoms with Crippen molar-refractivity contribution in [3.05, 3.63) is 51.8 Å². The van der Waals surface area contributed by atoms with Gasteiger partial charge in [-0.15, -0.1) is 0 Å². The lowest BCUT2D eigenvalue weighted by Crippen LogP contribution is -2.24. The van der Waals surface area contributed by atoms with Gasteiger partial charge in [0.25, 0.3) is 5.69 Å². The molecule has 1 N–H and O–H groups in total. The Morgan fingerprint density at radius 3 is 2.79 bits per heavy atom. The summed E-state index contributed by atoms with van der Waals surface area (Å²) in [4.78, 5) is 19.0. The topological polar surface area (TPSA) is 81.0 Å². The van der Waals surface area contributed by atoms with Crippen molar-refractivity contribution in [2.24, 2.45) is 0 Å². The molecular formula is C13H12N4O2. The fourth-order valence-corrected chi connectivity index (χ4v) is 2.11. The summed E-state index contributed by atoms with van der Waals surface area (Å²) in [5, 5.41) is 13.9. The van der Waals surface area contributed by atoms with Crippen LogP contribution in [0.1, 0.15) is 11.3 Å². The maximum atomic E-state index is 10.6. The monoisotopic (exact) mass is 256 g/mol. The number of benzene rings is 1. The molecule has 0 amide bonds. The zero-order valence-electron chi connectivity index (χ0n) is 10.2. The highest BCUT2D eigenvalue weighted by molar-refractivity contribution is 5.57. The molecule has 1 aliphatic rings. The molecular weight excluding hydrogens is 244 g/mol. The van der Waals surface area contributed by atoms with Crippen molar-refractivity contribution in [1.29, 1.82) is 0 Å². The van der Waals surface area contributed by atoms with E-state index in [0.717, 1.165) is 36.3 Å². The molecule has 3 rings (SSSR count). The third kappa shape index (κ3) is 2.30. The number of hydrogen-bond acceptors (Lipinski definition) is 5. The van der Waals surface area contributed by atoms with Gasteiger partial charge in [0.1, 0.15) is 0 Å². The van der Waals surface area contributed by atoms with Gasteiger partial charge < -0.3 is 5.32 Å². The van der Waals surface area contributed by atoms with Crippen LogP contribution in [0.5, 0.6) is 0 Å². The Morgan fingerprint density at radius 2 is 2.05 bits per heavy atom. The molecule has 2 aromatic rings. The number of nitrogens with one attached hydrogen (secondary N) is 1. The molecule has 19 heavy (non-hydrogen) atoms. The zero-order chi connectivity index (χ0) is 13.2. The van der Waals surface area contributed by atoms with E-state index in [1.807, 2.05) is 6.20 Å². The maximum Gasteiger partial charge on any atom is 0.269 e. The van der Waals surface area contributed by atoms with Crippen LogP contribution < -0.4 is 5.32 Å². The molecule has 1 aromatic heterocycles. The van der Waals surface area contributed by atoms with Crippen LogP contribution >= 0.6 is 0 Å². The highest BCUT2D eigenvalue weighted by atomic mass is 16.6. The van der Waals surface area contributed by atoms with Crippen molar-refractivity contribution in [2.75, 3.05) is 6.54 Å². The minimum atomic E-state index is -0.414. The van der Waals surface area contributed by atoms with E-state index in [4.69, 9.17) is 0 Å². The van der Waals surface area contributed by atoms with E-state index < -0.39 is 4.92 Å². The van der Waals surface area contributed by atoms with Crippen LogP contribution in [0.3, 0.4) is 0 Å². The highest BCUT2D eigenvalue weighted by Gasteiger charge is 2.13. The summed E-state index contributed by atoms with van der Waals surface area (Å²) in [6.45, 7) is 1.72. The molecule has 0 atom stereocenters. The second-order valence-electron chi connectivity index (χ2n) is 4.40. The standard InChI is InChI=1S/C13H12N4O2/c18-17(19)11-3-1-9(2-4-11)13-15-8-10-7-14-6-5-12(10)16-13/h1-4,8,14H,5-7H2. The smallest absolute Gasteiger partial charge is 0.269 e. The highest BCUT2D eigenvalue weighted by Crippen LogP contribution is 2.21. The normalized spacial score (nSPS) is 13.9. The Morgan fingerprint density at radius 1 is 1.26 bits per heavy atom. The first kappa shape index (κ1) is 11.7. The van der Waals surface area contributed by atoms with Crippen molar-refractivity contribution < 1.29 is 4.92 Å². The van der Waals surface area contributed by atoms with Crippen LogP contribution in [-0.2, 0) is 13.0 Å². The lowest BCUT2D eigenvalue weighted by molar-refractivity contribution is -0.384. The number of nitro groups is 1. The number of nitrogens with zero attached hydrogens (tertiary/aromatic N) is 3. The summed E-state index contributed by atoms with van der Waals surface area (Å²) in [6, 6.07) is 6.31. The first-order valence-corrected chi connectivity index (χ1v) is 6.04. The molecule has 6 heteroatoms. The van der Waals surface area contributed by atoms with Crippen molar-refractivity contribution in [3.63, 3.8) is 0 Å². The first-order chi connectivity index (χ1) is 9.24. The molecule has 1 aliphatic heterocycles. The summed E-state index contributed by atoms with van der Waals surface area (Å²) in [6.07, 6.45) is 2.71. The number of hydrogen-bond donors (Lipinski definition) is 1. The van der Waals surface area contributed by atoms with E-state index in [0.29, 0.717) is 5.82 Å². The largest absolute Gasteiger partial charge is 0.312 e. The summed E-state index contributed by atoms with van der Waals surface area (Å²) in [5.41, 5.74) is 3.05. The lowest BCUT2D eigenvalue weighted by Gasteiger charge is -2.15. The first-order valence-electron chi connectivity index (χ1n) is 6.04. The Balaban J connectivity index is 1.95. The van der Waals surface area contributed by atoms with Crippen molar-refractivity contribution in [1.82, 2.24) is 15.3 Å². The van der Waals surface area contributed by atoms with Crippen LogP contribution in [-0.4, -0.2) is 21.4 Å². The number of nitro benzene ring substituents is 1. The summed E-state index contributed by atoms with van der Waals surface area (Å²) in [5.74, 6) is 0.621. The average Bonchev–Trinajstić information content (AvgIpc) is 2.47. The minimum absolute atomic E-state index is 0.0749. The van der Waals surface area contributed by atoms with Gasteiger partial charge in [-0.25, -0.2) is 9.97 Å². The molecule has 2 heterocycles. The number of non-ortho nitro benzene ring substituents is 1. The van der Waals surface area contributed by atoms with Gasteiger partial charge in [0.05, 0.1) is 10.6 Å². The van der Waals surface area contributed by atoms with Gasteiger partial charge in [-0.05, 0) is 12.1 Å². The minimum Gasteiger partial charge on any atom is -0.312 e. The van der Waals surface area contributed by atoms with Gasteiger partial charge in [-0.2, -0.15) is 0 Å². The molecule has 0 bridgehead atoms. The molecule has 0 saturated heterocycles. The van der Waals surface area contributed by atoms with E-state index in [2.05, 4.69) is 15.3 Å². The van der Waals surface area contributed by atoms with Crippen molar-refractivity contribution in [3.8, 4) is 11.4 Å². The van der Waals surface area contributed by atoms with Crippen molar-refractivity contribution >= 4 is 5.69 Å². The molecule has 0 radical (unpaired) electrons. The maximum absolute atomic E-state index is 10.6. The van der Waals surface area contributed by atoms with E-state index in [1.165, 1.54) is 12.1 Å². The molecule has 0 spiro atoms. The molecule has 0 saturated carbocycles. The Bertz CT molecular complexity index is 625. The van der Waals surface area contributed by atoms with Gasteiger partial charge in [0, 0.05) is 49.0 Å².